The van der Waals surface area contributed by atoms with Gasteiger partial charge in [-0.1, -0.05) is 30.1 Å². The fourth-order valence-corrected chi connectivity index (χ4v) is 2.48. The third kappa shape index (κ3) is 4.88. The Hall–Kier alpha value is -1.30. The molecule has 0 atom stereocenters. The van der Waals surface area contributed by atoms with Crippen molar-refractivity contribution in [1.29, 1.82) is 0 Å². The lowest BCUT2D eigenvalue weighted by Gasteiger charge is -2.03. The standard InChI is InChI=1S/C14H16Cl2N4S/c1-3-6-17-9(2)7-13-19-14(21-20-13)18-10-4-5-11(15)12(16)8-10/h4-5,7-8,17H,3,6H2,1-2H3,(H,18,19,20). The number of halogens is 2. The molecule has 1 aromatic heterocycles. The quantitative estimate of drug-likeness (QED) is 0.779. The van der Waals surface area contributed by atoms with E-state index >= 15 is 0 Å². The molecule has 2 aromatic rings. The first-order valence-corrected chi connectivity index (χ1v) is 8.09. The van der Waals surface area contributed by atoms with Gasteiger partial charge in [-0.2, -0.15) is 9.36 Å². The third-order valence-electron chi connectivity index (χ3n) is 2.61. The summed E-state index contributed by atoms with van der Waals surface area (Å²) in [5, 5.41) is 8.19. The molecule has 0 saturated heterocycles. The van der Waals surface area contributed by atoms with E-state index in [1.807, 2.05) is 19.1 Å². The van der Waals surface area contributed by atoms with E-state index in [9.17, 15) is 0 Å². The number of anilines is 2. The number of allylic oxidation sites excluding steroid dienone is 1. The second kappa shape index (κ2) is 7.64. The van der Waals surface area contributed by atoms with Crippen LogP contribution in [0, 0.1) is 0 Å². The molecule has 0 saturated carbocycles. The number of nitrogens with one attached hydrogen (secondary N) is 2. The minimum absolute atomic E-state index is 0.505. The minimum atomic E-state index is 0.505. The lowest BCUT2D eigenvalue weighted by atomic mass is 10.3. The molecule has 2 rings (SSSR count). The number of rotatable bonds is 6. The van der Waals surface area contributed by atoms with Gasteiger partial charge in [0.25, 0.3) is 0 Å². The van der Waals surface area contributed by atoms with Crippen LogP contribution in [-0.4, -0.2) is 15.9 Å². The van der Waals surface area contributed by atoms with Crippen molar-refractivity contribution in [1.82, 2.24) is 14.7 Å². The lowest BCUT2D eigenvalue weighted by molar-refractivity contribution is 0.773. The molecule has 2 N–H and O–H groups in total. The maximum Gasteiger partial charge on any atom is 0.207 e. The summed E-state index contributed by atoms with van der Waals surface area (Å²) in [6, 6.07) is 5.35. The van der Waals surface area contributed by atoms with Crippen molar-refractivity contribution in [3.63, 3.8) is 0 Å². The molecule has 0 unspecified atom stereocenters. The molecule has 0 spiro atoms. The van der Waals surface area contributed by atoms with E-state index < -0.39 is 0 Å². The molecular weight excluding hydrogens is 327 g/mol. The van der Waals surface area contributed by atoms with Crippen molar-refractivity contribution in [2.75, 3.05) is 11.9 Å². The van der Waals surface area contributed by atoms with E-state index in [1.165, 1.54) is 11.5 Å². The molecule has 1 heterocycles. The summed E-state index contributed by atoms with van der Waals surface area (Å²) in [6.45, 7) is 5.07. The largest absolute Gasteiger partial charge is 0.388 e. The van der Waals surface area contributed by atoms with Crippen LogP contribution < -0.4 is 10.6 Å². The number of nitrogens with zero attached hydrogens (tertiary/aromatic N) is 2. The molecule has 21 heavy (non-hydrogen) atoms. The highest BCUT2D eigenvalue weighted by molar-refractivity contribution is 7.09. The summed E-state index contributed by atoms with van der Waals surface area (Å²) in [4.78, 5) is 4.41. The van der Waals surface area contributed by atoms with Crippen molar-refractivity contribution in [2.45, 2.75) is 20.3 Å². The van der Waals surface area contributed by atoms with Gasteiger partial charge in [0, 0.05) is 35.5 Å². The van der Waals surface area contributed by atoms with Crippen LogP contribution in [0.4, 0.5) is 10.8 Å². The van der Waals surface area contributed by atoms with E-state index in [1.54, 1.807) is 12.1 Å². The molecule has 0 aliphatic heterocycles. The van der Waals surface area contributed by atoms with Crippen LogP contribution in [0.5, 0.6) is 0 Å². The zero-order valence-electron chi connectivity index (χ0n) is 11.8. The van der Waals surface area contributed by atoms with Crippen molar-refractivity contribution in [2.24, 2.45) is 0 Å². The summed E-state index contributed by atoms with van der Waals surface area (Å²) >= 11 is 13.2. The monoisotopic (exact) mass is 342 g/mol. The predicted octanol–water partition coefficient (Wildman–Crippen LogP) is 4.95. The van der Waals surface area contributed by atoms with Crippen LogP contribution in [0.3, 0.4) is 0 Å². The number of benzene rings is 1. The molecule has 112 valence electrons. The zero-order chi connectivity index (χ0) is 15.2. The van der Waals surface area contributed by atoms with Crippen LogP contribution in [0.1, 0.15) is 26.1 Å². The summed E-state index contributed by atoms with van der Waals surface area (Å²) in [7, 11) is 0. The Morgan fingerprint density at radius 3 is 2.86 bits per heavy atom. The van der Waals surface area contributed by atoms with Crippen molar-refractivity contribution in [3.05, 3.63) is 39.8 Å². The predicted molar refractivity (Wildman–Crippen MR) is 91.6 cm³/mol. The molecule has 0 amide bonds. The SMILES string of the molecule is CCCNC(C)=Cc1nsc(Nc2ccc(Cl)c(Cl)c2)n1. The molecule has 0 aliphatic carbocycles. The molecule has 1 aromatic carbocycles. The van der Waals surface area contributed by atoms with Gasteiger partial charge in [-0.25, -0.2) is 0 Å². The van der Waals surface area contributed by atoms with Crippen molar-refractivity contribution < 1.29 is 0 Å². The van der Waals surface area contributed by atoms with Crippen LogP contribution in [0.2, 0.25) is 10.0 Å². The van der Waals surface area contributed by atoms with Crippen molar-refractivity contribution >= 4 is 51.6 Å². The Kier molecular flexibility index (Phi) is 5.85. The van der Waals surface area contributed by atoms with Gasteiger partial charge < -0.3 is 10.6 Å². The fourth-order valence-electron chi connectivity index (χ4n) is 1.61. The molecule has 0 fully saturated rings. The Balaban J connectivity index is 2.04. The minimum Gasteiger partial charge on any atom is -0.388 e. The Morgan fingerprint density at radius 1 is 1.33 bits per heavy atom. The zero-order valence-corrected chi connectivity index (χ0v) is 14.1. The van der Waals surface area contributed by atoms with Gasteiger partial charge in [0.1, 0.15) is 0 Å². The topological polar surface area (TPSA) is 49.8 Å². The second-order valence-corrected chi connectivity index (χ2v) is 6.03. The highest BCUT2D eigenvalue weighted by atomic mass is 35.5. The average Bonchev–Trinajstić information content (AvgIpc) is 2.88. The normalized spacial score (nSPS) is 11.5. The maximum absolute atomic E-state index is 5.98. The summed E-state index contributed by atoms with van der Waals surface area (Å²) in [6.07, 6.45) is 3.01. The number of hydrogen-bond acceptors (Lipinski definition) is 5. The second-order valence-electron chi connectivity index (χ2n) is 4.47. The molecule has 0 bridgehead atoms. The smallest absolute Gasteiger partial charge is 0.207 e. The van der Waals surface area contributed by atoms with Crippen molar-refractivity contribution in [3.8, 4) is 0 Å². The number of aromatic nitrogens is 2. The van der Waals surface area contributed by atoms with Gasteiger partial charge in [-0.3, -0.25) is 0 Å². The fraction of sp³-hybridized carbons (Fsp3) is 0.286. The highest BCUT2D eigenvalue weighted by Gasteiger charge is 2.04. The van der Waals surface area contributed by atoms with E-state index in [0.717, 1.165) is 24.4 Å². The Bertz CT molecular complexity index is 640. The molecular formula is C14H16Cl2N4S. The van der Waals surface area contributed by atoms with E-state index in [2.05, 4.69) is 26.9 Å². The van der Waals surface area contributed by atoms with Crippen LogP contribution in [-0.2, 0) is 0 Å². The first-order chi connectivity index (χ1) is 10.1. The number of hydrogen-bond donors (Lipinski definition) is 2. The first kappa shape index (κ1) is 16.1. The van der Waals surface area contributed by atoms with Gasteiger partial charge in [0.15, 0.2) is 5.82 Å². The van der Waals surface area contributed by atoms with Gasteiger partial charge in [0.05, 0.1) is 10.0 Å². The van der Waals surface area contributed by atoms with Gasteiger partial charge in [-0.15, -0.1) is 0 Å². The lowest BCUT2D eigenvalue weighted by Crippen LogP contribution is -2.11. The Morgan fingerprint density at radius 2 is 2.14 bits per heavy atom. The molecule has 7 heteroatoms. The maximum atomic E-state index is 5.98. The summed E-state index contributed by atoms with van der Waals surface area (Å²) in [5.74, 6) is 0.684. The highest BCUT2D eigenvalue weighted by Crippen LogP contribution is 2.27. The van der Waals surface area contributed by atoms with E-state index in [-0.39, 0.29) is 0 Å². The van der Waals surface area contributed by atoms with Gasteiger partial charge in [-0.05, 0) is 31.5 Å². The summed E-state index contributed by atoms with van der Waals surface area (Å²) in [5.41, 5.74) is 1.88. The van der Waals surface area contributed by atoms with Crippen LogP contribution in [0.25, 0.3) is 6.08 Å². The molecule has 0 aliphatic rings. The van der Waals surface area contributed by atoms with Crippen LogP contribution >= 0.6 is 34.7 Å². The summed E-state index contributed by atoms with van der Waals surface area (Å²) < 4.78 is 4.29. The first-order valence-electron chi connectivity index (χ1n) is 6.56. The van der Waals surface area contributed by atoms with Crippen LogP contribution in [0.15, 0.2) is 23.9 Å². The molecule has 4 nitrogen and oxygen atoms in total. The Labute approximate surface area is 138 Å². The van der Waals surface area contributed by atoms with E-state index in [0.29, 0.717) is 21.0 Å². The molecule has 0 radical (unpaired) electrons. The van der Waals surface area contributed by atoms with Gasteiger partial charge in [0.2, 0.25) is 5.13 Å². The third-order valence-corrected chi connectivity index (χ3v) is 4.00. The average molecular weight is 343 g/mol. The van der Waals surface area contributed by atoms with E-state index in [4.69, 9.17) is 23.2 Å². The van der Waals surface area contributed by atoms with Gasteiger partial charge >= 0.3 is 0 Å².